The Morgan fingerprint density at radius 1 is 1.67 bits per heavy atom. The summed E-state index contributed by atoms with van der Waals surface area (Å²) in [5.74, 6) is 0. The van der Waals surface area contributed by atoms with E-state index in [0.29, 0.717) is 0 Å². The summed E-state index contributed by atoms with van der Waals surface area (Å²) >= 11 is 5.05. The number of aliphatic hydroxyl groups excluding tert-OH is 1. The molecule has 12 heavy (non-hydrogen) atoms. The summed E-state index contributed by atoms with van der Waals surface area (Å²) in [6.45, 7) is 0.167. The van der Waals surface area contributed by atoms with E-state index < -0.39 is 0 Å². The Hall–Kier alpha value is 0.1000. The molecule has 0 aromatic carbocycles. The lowest BCUT2D eigenvalue weighted by Gasteiger charge is -2.20. The van der Waals surface area contributed by atoms with Crippen LogP contribution in [0.3, 0.4) is 0 Å². The van der Waals surface area contributed by atoms with E-state index in [-0.39, 0.29) is 12.6 Å². The fourth-order valence-corrected chi connectivity index (χ4v) is 2.64. The van der Waals surface area contributed by atoms with E-state index in [2.05, 4.69) is 15.9 Å². The zero-order valence-electron chi connectivity index (χ0n) is 7.12. The second-order valence-corrected chi connectivity index (χ2v) is 4.69. The first-order valence-corrected chi connectivity index (χ1v) is 5.33. The van der Waals surface area contributed by atoms with Crippen molar-refractivity contribution in [3.8, 4) is 0 Å². The van der Waals surface area contributed by atoms with Gasteiger partial charge in [-0.05, 0) is 36.1 Å². The molecule has 0 saturated heterocycles. The molecule has 1 aromatic rings. The summed E-state index contributed by atoms with van der Waals surface area (Å²) in [4.78, 5) is 3.20. The number of likely N-dealkylation sites (N-methyl/N-ethyl adjacent to an activating group) is 1. The van der Waals surface area contributed by atoms with Gasteiger partial charge in [0, 0.05) is 14.7 Å². The minimum absolute atomic E-state index is 0.126. The van der Waals surface area contributed by atoms with Gasteiger partial charge in [-0.3, -0.25) is 4.90 Å². The molecule has 0 aliphatic rings. The maximum absolute atomic E-state index is 9.11. The Labute approximate surface area is 85.0 Å². The fourth-order valence-electron chi connectivity index (χ4n) is 1.01. The van der Waals surface area contributed by atoms with Crippen molar-refractivity contribution in [3.63, 3.8) is 0 Å². The normalized spacial score (nSPS) is 13.8. The minimum atomic E-state index is 0.126. The van der Waals surface area contributed by atoms with Crippen molar-refractivity contribution in [1.29, 1.82) is 0 Å². The average Bonchev–Trinajstić information content (AvgIpc) is 2.37. The molecule has 1 unspecified atom stereocenters. The highest BCUT2D eigenvalue weighted by Gasteiger charge is 2.14. The van der Waals surface area contributed by atoms with Gasteiger partial charge in [-0.15, -0.1) is 11.3 Å². The van der Waals surface area contributed by atoms with Crippen LogP contribution in [-0.4, -0.2) is 30.7 Å². The Balaban J connectivity index is 2.80. The number of nitrogens with zero attached hydrogens (tertiary/aromatic N) is 1. The highest BCUT2D eigenvalue weighted by molar-refractivity contribution is 9.10. The third kappa shape index (κ3) is 2.29. The van der Waals surface area contributed by atoms with Crippen LogP contribution in [0.5, 0.6) is 0 Å². The summed E-state index contributed by atoms with van der Waals surface area (Å²) in [5, 5.41) is 11.1. The van der Waals surface area contributed by atoms with Gasteiger partial charge in [0.05, 0.1) is 12.6 Å². The van der Waals surface area contributed by atoms with Crippen LogP contribution in [0.1, 0.15) is 10.9 Å². The molecular weight excluding hydrogens is 238 g/mol. The molecule has 4 heteroatoms. The number of halogens is 1. The van der Waals surface area contributed by atoms with Crippen molar-refractivity contribution >= 4 is 27.3 Å². The second kappa shape index (κ2) is 4.37. The lowest BCUT2D eigenvalue weighted by Crippen LogP contribution is -2.22. The van der Waals surface area contributed by atoms with Crippen LogP contribution in [0, 0.1) is 0 Å². The van der Waals surface area contributed by atoms with Crippen LogP contribution >= 0.6 is 27.3 Å². The minimum Gasteiger partial charge on any atom is -0.394 e. The van der Waals surface area contributed by atoms with Gasteiger partial charge in [-0.2, -0.15) is 0 Å². The highest BCUT2D eigenvalue weighted by Crippen LogP contribution is 2.27. The molecule has 0 saturated carbocycles. The van der Waals surface area contributed by atoms with Crippen LogP contribution in [0.4, 0.5) is 0 Å². The topological polar surface area (TPSA) is 23.5 Å². The zero-order valence-corrected chi connectivity index (χ0v) is 9.52. The summed E-state index contributed by atoms with van der Waals surface area (Å²) in [5.41, 5.74) is 0. The monoisotopic (exact) mass is 249 g/mol. The lowest BCUT2D eigenvalue weighted by molar-refractivity contribution is 0.173. The van der Waals surface area contributed by atoms with E-state index in [0.717, 1.165) is 4.47 Å². The summed E-state index contributed by atoms with van der Waals surface area (Å²) in [7, 11) is 3.93. The van der Waals surface area contributed by atoms with Crippen LogP contribution < -0.4 is 0 Å². The molecule has 0 aliphatic heterocycles. The molecule has 2 nitrogen and oxygen atoms in total. The molecule has 0 bridgehead atoms. The predicted molar refractivity (Wildman–Crippen MR) is 55.5 cm³/mol. The van der Waals surface area contributed by atoms with Gasteiger partial charge in [-0.25, -0.2) is 0 Å². The Bertz CT molecular complexity index is 249. The molecule has 1 N–H and O–H groups in total. The van der Waals surface area contributed by atoms with Crippen LogP contribution in [0.25, 0.3) is 0 Å². The Morgan fingerprint density at radius 3 is 2.67 bits per heavy atom. The molecule has 68 valence electrons. The highest BCUT2D eigenvalue weighted by atomic mass is 79.9. The quantitative estimate of drug-likeness (QED) is 0.888. The van der Waals surface area contributed by atoms with Crippen molar-refractivity contribution in [2.45, 2.75) is 6.04 Å². The maximum Gasteiger partial charge on any atom is 0.0670 e. The second-order valence-electron chi connectivity index (χ2n) is 2.83. The van der Waals surface area contributed by atoms with Gasteiger partial charge in [0.1, 0.15) is 0 Å². The summed E-state index contributed by atoms with van der Waals surface area (Å²) in [6.07, 6.45) is 0. The SMILES string of the molecule is CN(C)C(CO)c1cc(Br)cs1. The van der Waals surface area contributed by atoms with Crippen LogP contribution in [0.2, 0.25) is 0 Å². The summed E-state index contributed by atoms with van der Waals surface area (Å²) < 4.78 is 1.09. The number of rotatable bonds is 3. The van der Waals surface area contributed by atoms with Gasteiger partial charge in [0.25, 0.3) is 0 Å². The van der Waals surface area contributed by atoms with Crippen molar-refractivity contribution < 1.29 is 5.11 Å². The van der Waals surface area contributed by atoms with Gasteiger partial charge in [-0.1, -0.05) is 0 Å². The van der Waals surface area contributed by atoms with E-state index in [4.69, 9.17) is 5.11 Å². The fraction of sp³-hybridized carbons (Fsp3) is 0.500. The van der Waals surface area contributed by atoms with Crippen LogP contribution in [-0.2, 0) is 0 Å². The molecule has 1 heterocycles. The average molecular weight is 250 g/mol. The molecule has 0 aliphatic carbocycles. The van der Waals surface area contributed by atoms with E-state index in [1.54, 1.807) is 11.3 Å². The molecule has 0 spiro atoms. The molecule has 1 aromatic heterocycles. The van der Waals surface area contributed by atoms with E-state index in [1.165, 1.54) is 4.88 Å². The standard InChI is InChI=1S/C8H12BrNOS/c1-10(2)7(4-11)8-3-6(9)5-12-8/h3,5,7,11H,4H2,1-2H3. The van der Waals surface area contributed by atoms with Gasteiger partial charge in [0.15, 0.2) is 0 Å². The molecule has 0 fully saturated rings. The molecular formula is C8H12BrNOS. The molecule has 1 atom stereocenters. The Morgan fingerprint density at radius 2 is 2.33 bits per heavy atom. The molecule has 0 radical (unpaired) electrons. The van der Waals surface area contributed by atoms with E-state index in [1.807, 2.05) is 30.4 Å². The largest absolute Gasteiger partial charge is 0.394 e. The number of thiophene rings is 1. The van der Waals surface area contributed by atoms with Crippen LogP contribution in [0.15, 0.2) is 15.9 Å². The van der Waals surface area contributed by atoms with Gasteiger partial charge >= 0.3 is 0 Å². The smallest absolute Gasteiger partial charge is 0.0670 e. The van der Waals surface area contributed by atoms with E-state index in [9.17, 15) is 0 Å². The third-order valence-corrected chi connectivity index (χ3v) is 3.51. The maximum atomic E-state index is 9.11. The molecule has 1 rings (SSSR count). The summed E-state index contributed by atoms with van der Waals surface area (Å²) in [6, 6.07) is 2.17. The predicted octanol–water partition coefficient (Wildman–Crippen LogP) is 2.11. The Kier molecular flexibility index (Phi) is 3.71. The number of hydrogen-bond acceptors (Lipinski definition) is 3. The van der Waals surface area contributed by atoms with Gasteiger partial charge in [0.2, 0.25) is 0 Å². The van der Waals surface area contributed by atoms with E-state index >= 15 is 0 Å². The lowest BCUT2D eigenvalue weighted by atomic mass is 10.2. The number of aliphatic hydroxyl groups is 1. The first-order valence-electron chi connectivity index (χ1n) is 3.66. The van der Waals surface area contributed by atoms with Crippen molar-refractivity contribution in [1.82, 2.24) is 4.90 Å². The van der Waals surface area contributed by atoms with Crippen molar-refractivity contribution in [3.05, 3.63) is 20.8 Å². The zero-order chi connectivity index (χ0) is 9.14. The first kappa shape index (κ1) is 10.2. The first-order chi connectivity index (χ1) is 5.65. The van der Waals surface area contributed by atoms with Crippen molar-refractivity contribution in [2.24, 2.45) is 0 Å². The van der Waals surface area contributed by atoms with Crippen molar-refractivity contribution in [2.75, 3.05) is 20.7 Å². The third-order valence-electron chi connectivity index (χ3n) is 1.71. The van der Waals surface area contributed by atoms with Gasteiger partial charge < -0.3 is 5.11 Å². The molecule has 0 amide bonds. The number of hydrogen-bond donors (Lipinski definition) is 1.